The zero-order chi connectivity index (χ0) is 11.7. The maximum atomic E-state index is 11.5. The molecule has 0 spiro atoms. The van der Waals surface area contributed by atoms with Crippen molar-refractivity contribution >= 4 is 17.8 Å². The molecule has 2 fully saturated rings. The van der Waals surface area contributed by atoms with E-state index in [9.17, 15) is 14.4 Å². The second-order valence-electron chi connectivity index (χ2n) is 4.48. The average molecular weight is 225 g/mol. The highest BCUT2D eigenvalue weighted by molar-refractivity contribution is 6.08. The Labute approximate surface area is 93.4 Å². The third-order valence-corrected chi connectivity index (χ3v) is 3.23. The molecule has 2 atom stereocenters. The molecular weight excluding hydrogens is 210 g/mol. The largest absolute Gasteiger partial charge is 0.481 e. The maximum Gasteiger partial charge on any atom is 0.303 e. The summed E-state index contributed by atoms with van der Waals surface area (Å²) < 4.78 is 0. The van der Waals surface area contributed by atoms with Crippen LogP contribution in [-0.4, -0.2) is 34.3 Å². The first-order valence-corrected chi connectivity index (χ1v) is 5.68. The van der Waals surface area contributed by atoms with Crippen molar-refractivity contribution in [3.63, 3.8) is 0 Å². The molecule has 0 bridgehead atoms. The van der Waals surface area contributed by atoms with Crippen LogP contribution >= 0.6 is 0 Å². The minimum Gasteiger partial charge on any atom is -0.481 e. The molecule has 1 saturated heterocycles. The van der Waals surface area contributed by atoms with E-state index in [-0.39, 0.29) is 30.1 Å². The van der Waals surface area contributed by atoms with Crippen LogP contribution in [-0.2, 0) is 14.4 Å². The number of nitrogens with zero attached hydrogens (tertiary/aromatic N) is 1. The first kappa shape index (κ1) is 11.1. The molecule has 0 aromatic rings. The van der Waals surface area contributed by atoms with Gasteiger partial charge in [-0.3, -0.25) is 19.3 Å². The molecule has 1 N–H and O–H groups in total. The van der Waals surface area contributed by atoms with Crippen LogP contribution < -0.4 is 0 Å². The molecule has 1 heterocycles. The molecule has 0 aromatic heterocycles. The molecule has 88 valence electrons. The van der Waals surface area contributed by atoms with Gasteiger partial charge >= 0.3 is 5.97 Å². The van der Waals surface area contributed by atoms with Crippen molar-refractivity contribution < 1.29 is 19.5 Å². The van der Waals surface area contributed by atoms with Crippen LogP contribution in [0.15, 0.2) is 0 Å². The van der Waals surface area contributed by atoms with Crippen LogP contribution in [0.2, 0.25) is 0 Å². The fourth-order valence-corrected chi connectivity index (χ4v) is 2.19. The van der Waals surface area contributed by atoms with Crippen LogP contribution in [0, 0.1) is 11.8 Å². The third-order valence-electron chi connectivity index (χ3n) is 3.23. The standard InChI is InChI=1S/C11H15NO4/c13-9(14)4-2-1-3-5-12-10(15)7-6-8(7)11(12)16/h7-8H,1-6H2,(H,13,14). The van der Waals surface area contributed by atoms with Gasteiger partial charge in [0.25, 0.3) is 0 Å². The summed E-state index contributed by atoms with van der Waals surface area (Å²) in [5, 5.41) is 8.43. The number of hydrogen-bond donors (Lipinski definition) is 1. The molecule has 2 rings (SSSR count). The highest BCUT2D eigenvalue weighted by Gasteiger charge is 2.58. The van der Waals surface area contributed by atoms with Gasteiger partial charge in [-0.1, -0.05) is 6.42 Å². The summed E-state index contributed by atoms with van der Waals surface area (Å²) >= 11 is 0. The average Bonchev–Trinajstić information content (AvgIpc) is 2.96. The number of carboxylic acid groups (broad SMARTS) is 1. The fraction of sp³-hybridized carbons (Fsp3) is 0.727. The van der Waals surface area contributed by atoms with E-state index in [1.54, 1.807) is 0 Å². The summed E-state index contributed by atoms with van der Waals surface area (Å²) in [5.74, 6) is -0.880. The number of carboxylic acids is 1. The van der Waals surface area contributed by atoms with E-state index in [2.05, 4.69) is 0 Å². The number of amides is 2. The number of rotatable bonds is 6. The van der Waals surface area contributed by atoms with Crippen LogP contribution in [0.25, 0.3) is 0 Å². The van der Waals surface area contributed by atoms with E-state index in [1.807, 2.05) is 0 Å². The highest BCUT2D eigenvalue weighted by atomic mass is 16.4. The number of unbranched alkanes of at least 4 members (excludes halogenated alkanes) is 2. The smallest absolute Gasteiger partial charge is 0.303 e. The molecule has 5 nitrogen and oxygen atoms in total. The van der Waals surface area contributed by atoms with Crippen molar-refractivity contribution in [2.24, 2.45) is 11.8 Å². The van der Waals surface area contributed by atoms with Gasteiger partial charge in [0.05, 0.1) is 11.8 Å². The number of carbonyl (C=O) groups excluding carboxylic acids is 2. The third kappa shape index (κ3) is 2.08. The molecule has 2 unspecified atom stereocenters. The van der Waals surface area contributed by atoms with E-state index < -0.39 is 5.97 Å². The summed E-state index contributed by atoms with van der Waals surface area (Å²) in [6.45, 7) is 0.463. The lowest BCUT2D eigenvalue weighted by molar-refractivity contribution is -0.142. The predicted molar refractivity (Wildman–Crippen MR) is 54.4 cm³/mol. The molecule has 5 heteroatoms. The fourth-order valence-electron chi connectivity index (χ4n) is 2.19. The van der Waals surface area contributed by atoms with Gasteiger partial charge in [-0.2, -0.15) is 0 Å². The molecule has 1 aliphatic carbocycles. The summed E-state index contributed by atoms with van der Waals surface area (Å²) in [6.07, 6.45) is 2.97. The minimum absolute atomic E-state index is 0.0202. The molecule has 16 heavy (non-hydrogen) atoms. The molecule has 1 aliphatic heterocycles. The van der Waals surface area contributed by atoms with Gasteiger partial charge < -0.3 is 5.11 Å². The van der Waals surface area contributed by atoms with Crippen molar-refractivity contribution in [1.29, 1.82) is 0 Å². The van der Waals surface area contributed by atoms with E-state index in [1.165, 1.54) is 4.90 Å². The normalized spacial score (nSPS) is 27.1. The van der Waals surface area contributed by atoms with Gasteiger partial charge in [-0.05, 0) is 19.3 Å². The van der Waals surface area contributed by atoms with Gasteiger partial charge in [-0.15, -0.1) is 0 Å². The van der Waals surface area contributed by atoms with Gasteiger partial charge in [0.2, 0.25) is 11.8 Å². The Kier molecular flexibility index (Phi) is 2.94. The topological polar surface area (TPSA) is 74.7 Å². The van der Waals surface area contributed by atoms with Crippen LogP contribution in [0.3, 0.4) is 0 Å². The molecular formula is C11H15NO4. The van der Waals surface area contributed by atoms with Crippen LogP contribution in [0.1, 0.15) is 32.1 Å². The number of imide groups is 1. The van der Waals surface area contributed by atoms with E-state index >= 15 is 0 Å². The number of fused-ring (bicyclic) bond motifs is 1. The monoisotopic (exact) mass is 225 g/mol. The maximum absolute atomic E-state index is 11.5. The summed E-state index contributed by atoms with van der Waals surface area (Å²) in [5.41, 5.74) is 0. The van der Waals surface area contributed by atoms with Crippen molar-refractivity contribution in [3.05, 3.63) is 0 Å². The second kappa shape index (κ2) is 4.23. The van der Waals surface area contributed by atoms with E-state index in [0.717, 1.165) is 12.8 Å². The number of likely N-dealkylation sites (tertiary alicyclic amines) is 1. The minimum atomic E-state index is -0.797. The Morgan fingerprint density at radius 3 is 2.38 bits per heavy atom. The first-order chi connectivity index (χ1) is 7.61. The zero-order valence-electron chi connectivity index (χ0n) is 9.02. The molecule has 0 aromatic carbocycles. The van der Waals surface area contributed by atoms with E-state index in [4.69, 9.17) is 5.11 Å². The predicted octanol–water partition coefficient (Wildman–Crippen LogP) is 0.636. The Bertz CT molecular complexity index is 319. The van der Waals surface area contributed by atoms with Gasteiger partial charge in [0.15, 0.2) is 0 Å². The SMILES string of the molecule is O=C(O)CCCCCN1C(=O)C2CC2C1=O. The van der Waals surface area contributed by atoms with Crippen LogP contribution in [0.4, 0.5) is 0 Å². The summed E-state index contributed by atoms with van der Waals surface area (Å²) in [7, 11) is 0. The van der Waals surface area contributed by atoms with Gasteiger partial charge in [0, 0.05) is 13.0 Å². The lowest BCUT2D eigenvalue weighted by atomic mass is 10.2. The Morgan fingerprint density at radius 1 is 1.19 bits per heavy atom. The number of piperidine rings is 1. The zero-order valence-corrected chi connectivity index (χ0v) is 9.02. The molecule has 1 saturated carbocycles. The van der Waals surface area contributed by atoms with Crippen molar-refractivity contribution in [2.45, 2.75) is 32.1 Å². The quantitative estimate of drug-likeness (QED) is 0.531. The van der Waals surface area contributed by atoms with Gasteiger partial charge in [-0.25, -0.2) is 0 Å². The van der Waals surface area contributed by atoms with Gasteiger partial charge in [0.1, 0.15) is 0 Å². The Morgan fingerprint density at radius 2 is 1.81 bits per heavy atom. The van der Waals surface area contributed by atoms with E-state index in [0.29, 0.717) is 19.4 Å². The Hall–Kier alpha value is -1.39. The van der Waals surface area contributed by atoms with Crippen molar-refractivity contribution in [3.8, 4) is 0 Å². The molecule has 2 amide bonds. The Balaban J connectivity index is 1.65. The lowest BCUT2D eigenvalue weighted by Gasteiger charge is -2.15. The highest BCUT2D eigenvalue weighted by Crippen LogP contribution is 2.46. The van der Waals surface area contributed by atoms with Crippen molar-refractivity contribution in [1.82, 2.24) is 4.90 Å². The number of carbonyl (C=O) groups is 3. The summed E-state index contributed by atoms with van der Waals surface area (Å²) in [6, 6.07) is 0. The molecule has 0 radical (unpaired) electrons. The van der Waals surface area contributed by atoms with Crippen LogP contribution in [0.5, 0.6) is 0 Å². The summed E-state index contributed by atoms with van der Waals surface area (Å²) in [4.78, 5) is 34.7. The van der Waals surface area contributed by atoms with Crippen molar-refractivity contribution in [2.75, 3.05) is 6.54 Å². The second-order valence-corrected chi connectivity index (χ2v) is 4.48. The molecule has 2 aliphatic rings. The number of aliphatic carboxylic acids is 1. The first-order valence-electron chi connectivity index (χ1n) is 5.68. The lowest BCUT2D eigenvalue weighted by Crippen LogP contribution is -2.33. The number of hydrogen-bond acceptors (Lipinski definition) is 3.